The highest BCUT2D eigenvalue weighted by atomic mass is 16.3. The molecule has 0 fully saturated rings. The topological polar surface area (TPSA) is 48.0 Å². The summed E-state index contributed by atoms with van der Waals surface area (Å²) in [6.45, 7) is 2.20. The van der Waals surface area contributed by atoms with Crippen molar-refractivity contribution in [2.24, 2.45) is 0 Å². The molecular weight excluding hydrogens is 296 g/mol. The number of aryl methyl sites for hydroxylation is 1. The van der Waals surface area contributed by atoms with Gasteiger partial charge in [-0.05, 0) is 55.0 Å². The Morgan fingerprint density at radius 3 is 2.79 bits per heavy atom. The van der Waals surface area contributed by atoms with E-state index in [2.05, 4.69) is 58.8 Å². The lowest BCUT2D eigenvalue weighted by atomic mass is 9.90. The Hall–Kier alpha value is -2.10. The van der Waals surface area contributed by atoms with Crippen molar-refractivity contribution in [3.63, 3.8) is 0 Å². The van der Waals surface area contributed by atoms with Gasteiger partial charge in [-0.15, -0.1) is 0 Å². The molecule has 4 rings (SSSR count). The van der Waals surface area contributed by atoms with E-state index in [9.17, 15) is 5.11 Å². The number of aliphatic hydroxyl groups is 1. The molecule has 1 aliphatic carbocycles. The van der Waals surface area contributed by atoms with Crippen LogP contribution in [-0.2, 0) is 6.42 Å². The molecule has 0 bridgehead atoms. The first kappa shape index (κ1) is 15.4. The van der Waals surface area contributed by atoms with Gasteiger partial charge in [0, 0.05) is 28.7 Å². The maximum absolute atomic E-state index is 9.34. The minimum absolute atomic E-state index is 0.118. The van der Waals surface area contributed by atoms with E-state index in [1.165, 1.54) is 39.7 Å². The maximum Gasteiger partial charge on any atom is 0.0582 e. The zero-order chi connectivity index (χ0) is 16.5. The minimum atomic E-state index is 0.118. The van der Waals surface area contributed by atoms with E-state index in [0.29, 0.717) is 6.04 Å². The summed E-state index contributed by atoms with van der Waals surface area (Å²) >= 11 is 0. The molecule has 0 aliphatic heterocycles. The van der Waals surface area contributed by atoms with Crippen molar-refractivity contribution in [1.29, 1.82) is 0 Å². The van der Waals surface area contributed by atoms with Crippen molar-refractivity contribution in [2.45, 2.75) is 38.3 Å². The van der Waals surface area contributed by atoms with E-state index in [-0.39, 0.29) is 12.6 Å². The summed E-state index contributed by atoms with van der Waals surface area (Å²) < 4.78 is 0. The van der Waals surface area contributed by atoms with Crippen molar-refractivity contribution < 1.29 is 5.11 Å². The smallest absolute Gasteiger partial charge is 0.0582 e. The molecule has 124 valence electrons. The van der Waals surface area contributed by atoms with Crippen LogP contribution in [0.3, 0.4) is 0 Å². The molecule has 1 unspecified atom stereocenters. The second-order valence-electron chi connectivity index (χ2n) is 6.84. The zero-order valence-corrected chi connectivity index (χ0v) is 14.0. The molecule has 2 aromatic carbocycles. The first-order chi connectivity index (χ1) is 11.8. The van der Waals surface area contributed by atoms with Crippen LogP contribution in [0.15, 0.2) is 48.5 Å². The van der Waals surface area contributed by atoms with Crippen LogP contribution in [0.5, 0.6) is 0 Å². The summed E-state index contributed by atoms with van der Waals surface area (Å²) in [5.74, 6) is 0. The number of rotatable bonds is 4. The van der Waals surface area contributed by atoms with Crippen LogP contribution in [-0.4, -0.2) is 22.7 Å². The SMILES string of the molecule is C[C@@H](CO)NC1CCCc2c1[nH]c1ccc(-c3ccccc3)cc21. The predicted molar refractivity (Wildman–Crippen MR) is 99.1 cm³/mol. The summed E-state index contributed by atoms with van der Waals surface area (Å²) in [6, 6.07) is 17.7. The number of nitrogens with one attached hydrogen (secondary N) is 2. The van der Waals surface area contributed by atoms with E-state index in [0.717, 1.165) is 12.8 Å². The standard InChI is InChI=1S/C21H24N2O/c1-14(13-24)22-20-9-5-8-17-18-12-16(15-6-3-2-4-7-15)10-11-19(18)23-21(17)20/h2-4,6-7,10-12,14,20,22-24H,5,8-9,13H2,1H3/t14-,20?/m0/s1. The number of hydrogen-bond donors (Lipinski definition) is 3. The number of aromatic amines is 1. The third-order valence-electron chi connectivity index (χ3n) is 5.07. The lowest BCUT2D eigenvalue weighted by Gasteiger charge is -2.26. The molecule has 1 aromatic heterocycles. The molecule has 0 saturated carbocycles. The molecule has 1 heterocycles. The largest absolute Gasteiger partial charge is 0.395 e. The normalized spacial score (nSPS) is 18.5. The molecule has 0 radical (unpaired) electrons. The van der Waals surface area contributed by atoms with E-state index < -0.39 is 0 Å². The van der Waals surface area contributed by atoms with Crippen molar-refractivity contribution in [3.05, 3.63) is 59.8 Å². The summed E-state index contributed by atoms with van der Waals surface area (Å²) in [5.41, 5.74) is 6.49. The Balaban J connectivity index is 1.76. The first-order valence-corrected chi connectivity index (χ1v) is 8.83. The Bertz CT molecular complexity index is 838. The van der Waals surface area contributed by atoms with E-state index in [1.807, 2.05) is 6.92 Å². The summed E-state index contributed by atoms with van der Waals surface area (Å²) in [7, 11) is 0. The lowest BCUT2D eigenvalue weighted by Crippen LogP contribution is -2.35. The highest BCUT2D eigenvalue weighted by molar-refractivity contribution is 5.89. The summed E-state index contributed by atoms with van der Waals surface area (Å²) in [6.07, 6.45) is 3.43. The summed E-state index contributed by atoms with van der Waals surface area (Å²) in [5, 5.41) is 14.2. The Kier molecular flexibility index (Phi) is 4.13. The highest BCUT2D eigenvalue weighted by Gasteiger charge is 2.25. The molecule has 2 atom stereocenters. The van der Waals surface area contributed by atoms with Crippen LogP contribution < -0.4 is 5.32 Å². The number of benzene rings is 2. The van der Waals surface area contributed by atoms with E-state index in [1.54, 1.807) is 0 Å². The van der Waals surface area contributed by atoms with Crippen molar-refractivity contribution >= 4 is 10.9 Å². The van der Waals surface area contributed by atoms with Crippen LogP contribution in [0.1, 0.15) is 37.1 Å². The lowest BCUT2D eigenvalue weighted by molar-refractivity contribution is 0.235. The molecule has 24 heavy (non-hydrogen) atoms. The second kappa shape index (κ2) is 6.42. The predicted octanol–water partition coefficient (Wildman–Crippen LogP) is 4.18. The monoisotopic (exact) mass is 320 g/mol. The molecule has 3 aromatic rings. The van der Waals surface area contributed by atoms with Gasteiger partial charge >= 0.3 is 0 Å². The van der Waals surface area contributed by atoms with Gasteiger partial charge in [0.05, 0.1) is 6.61 Å². The van der Waals surface area contributed by atoms with Crippen molar-refractivity contribution in [2.75, 3.05) is 6.61 Å². The number of aliphatic hydroxyl groups excluding tert-OH is 1. The molecule has 0 spiro atoms. The first-order valence-electron chi connectivity index (χ1n) is 8.83. The van der Waals surface area contributed by atoms with Gasteiger partial charge in [0.2, 0.25) is 0 Å². The quantitative estimate of drug-likeness (QED) is 0.675. The van der Waals surface area contributed by atoms with Gasteiger partial charge in [0.1, 0.15) is 0 Å². The fraction of sp³-hybridized carbons (Fsp3) is 0.333. The van der Waals surface area contributed by atoms with Gasteiger partial charge in [-0.3, -0.25) is 0 Å². The van der Waals surface area contributed by atoms with E-state index >= 15 is 0 Å². The van der Waals surface area contributed by atoms with Gasteiger partial charge in [-0.1, -0.05) is 36.4 Å². The second-order valence-corrected chi connectivity index (χ2v) is 6.84. The molecular formula is C21H24N2O. The van der Waals surface area contributed by atoms with Gasteiger partial charge in [-0.2, -0.15) is 0 Å². The fourth-order valence-electron chi connectivity index (χ4n) is 3.84. The van der Waals surface area contributed by atoms with Crippen LogP contribution >= 0.6 is 0 Å². The molecule has 0 saturated heterocycles. The fourth-order valence-corrected chi connectivity index (χ4v) is 3.84. The average molecular weight is 320 g/mol. The molecule has 3 heteroatoms. The molecule has 0 amide bonds. The Morgan fingerprint density at radius 1 is 1.17 bits per heavy atom. The van der Waals surface area contributed by atoms with Crippen LogP contribution in [0, 0.1) is 0 Å². The van der Waals surface area contributed by atoms with Crippen LogP contribution in [0.2, 0.25) is 0 Å². The number of hydrogen-bond acceptors (Lipinski definition) is 2. The van der Waals surface area contributed by atoms with Gasteiger partial charge < -0.3 is 15.4 Å². The third-order valence-corrected chi connectivity index (χ3v) is 5.07. The number of H-pyrrole nitrogens is 1. The van der Waals surface area contributed by atoms with Crippen LogP contribution in [0.4, 0.5) is 0 Å². The zero-order valence-electron chi connectivity index (χ0n) is 14.0. The molecule has 3 nitrogen and oxygen atoms in total. The van der Waals surface area contributed by atoms with Crippen LogP contribution in [0.25, 0.3) is 22.0 Å². The van der Waals surface area contributed by atoms with Crippen molar-refractivity contribution in [1.82, 2.24) is 10.3 Å². The highest BCUT2D eigenvalue weighted by Crippen LogP contribution is 2.36. The molecule has 1 aliphatic rings. The number of fused-ring (bicyclic) bond motifs is 3. The Morgan fingerprint density at radius 2 is 2.00 bits per heavy atom. The average Bonchev–Trinajstić information content (AvgIpc) is 3.01. The van der Waals surface area contributed by atoms with Gasteiger partial charge in [0.15, 0.2) is 0 Å². The number of aromatic nitrogens is 1. The summed E-state index contributed by atoms with van der Waals surface area (Å²) in [4.78, 5) is 3.63. The molecule has 3 N–H and O–H groups in total. The van der Waals surface area contributed by atoms with E-state index in [4.69, 9.17) is 0 Å². The van der Waals surface area contributed by atoms with Crippen molar-refractivity contribution in [3.8, 4) is 11.1 Å². The van der Waals surface area contributed by atoms with Gasteiger partial charge in [0.25, 0.3) is 0 Å². The van der Waals surface area contributed by atoms with Gasteiger partial charge in [-0.25, -0.2) is 0 Å². The maximum atomic E-state index is 9.34. The minimum Gasteiger partial charge on any atom is -0.395 e. The third kappa shape index (κ3) is 2.74. The Labute approximate surface area is 142 Å².